The fourth-order valence-electron chi connectivity index (χ4n) is 1.93. The number of hydrogen-bond acceptors (Lipinski definition) is 5. The van der Waals surface area contributed by atoms with Crippen molar-refractivity contribution >= 4 is 40.2 Å². The van der Waals surface area contributed by atoms with Gasteiger partial charge in [-0.3, -0.25) is 4.79 Å². The van der Waals surface area contributed by atoms with E-state index in [4.69, 9.17) is 17.3 Å². The highest BCUT2D eigenvalue weighted by molar-refractivity contribution is 7.23. The zero-order valence-electron chi connectivity index (χ0n) is 12.7. The van der Waals surface area contributed by atoms with Gasteiger partial charge in [-0.2, -0.15) is 0 Å². The zero-order valence-corrected chi connectivity index (χ0v) is 15.1. The number of carbonyl (C=O) groups excluding carboxylic acids is 1. The predicted molar refractivity (Wildman–Crippen MR) is 94.7 cm³/mol. The van der Waals surface area contributed by atoms with E-state index in [1.165, 1.54) is 22.7 Å². The maximum atomic E-state index is 12.0. The van der Waals surface area contributed by atoms with Crippen molar-refractivity contribution in [1.82, 2.24) is 10.3 Å². The molecule has 0 aliphatic rings. The number of nitrogens with one attached hydrogen (secondary N) is 1. The van der Waals surface area contributed by atoms with Crippen LogP contribution in [0.4, 0.5) is 0 Å². The van der Waals surface area contributed by atoms with Crippen molar-refractivity contribution in [1.29, 1.82) is 0 Å². The summed E-state index contributed by atoms with van der Waals surface area (Å²) in [5, 5.41) is 5.72. The highest BCUT2D eigenvalue weighted by atomic mass is 35.5. The van der Waals surface area contributed by atoms with Crippen LogP contribution in [0.25, 0.3) is 9.88 Å². The topological polar surface area (TPSA) is 68.0 Å². The molecule has 22 heavy (non-hydrogen) atoms. The van der Waals surface area contributed by atoms with Crippen LogP contribution in [0.1, 0.15) is 32.4 Å². The molecule has 2 aromatic heterocycles. The van der Waals surface area contributed by atoms with E-state index in [-0.39, 0.29) is 17.9 Å². The number of halogens is 1. The van der Waals surface area contributed by atoms with Crippen LogP contribution in [0.5, 0.6) is 0 Å². The number of nitrogens with zero attached hydrogens (tertiary/aromatic N) is 1. The van der Waals surface area contributed by atoms with E-state index in [9.17, 15) is 4.79 Å². The van der Waals surface area contributed by atoms with Crippen molar-refractivity contribution < 1.29 is 4.79 Å². The Bertz CT molecular complexity index is 634. The number of nitrogens with two attached hydrogens (primary N) is 1. The molecule has 0 spiro atoms. The van der Waals surface area contributed by atoms with Gasteiger partial charge in [-0.1, -0.05) is 25.4 Å². The molecule has 2 heterocycles. The Morgan fingerprint density at radius 2 is 2.14 bits per heavy atom. The first-order valence-electron chi connectivity index (χ1n) is 7.21. The van der Waals surface area contributed by atoms with Crippen LogP contribution in [0.15, 0.2) is 17.5 Å². The van der Waals surface area contributed by atoms with Gasteiger partial charge in [-0.15, -0.1) is 22.7 Å². The van der Waals surface area contributed by atoms with Crippen molar-refractivity contribution in [2.45, 2.75) is 38.6 Å². The van der Waals surface area contributed by atoms with E-state index in [1.54, 1.807) is 0 Å². The summed E-state index contributed by atoms with van der Waals surface area (Å²) in [7, 11) is 0. The maximum Gasteiger partial charge on any atom is 0.226 e. The smallest absolute Gasteiger partial charge is 0.226 e. The zero-order chi connectivity index (χ0) is 16.2. The molecule has 0 aliphatic carbocycles. The molecule has 0 saturated carbocycles. The lowest BCUT2D eigenvalue weighted by atomic mass is 9.94. The Hall–Kier alpha value is -0.950. The van der Waals surface area contributed by atoms with E-state index in [0.29, 0.717) is 6.54 Å². The van der Waals surface area contributed by atoms with Gasteiger partial charge < -0.3 is 11.1 Å². The number of hydrogen-bond donors (Lipinski definition) is 2. The Balaban J connectivity index is 1.91. The fraction of sp³-hybridized carbons (Fsp3) is 0.467. The van der Waals surface area contributed by atoms with Gasteiger partial charge in [0.2, 0.25) is 5.91 Å². The number of thiophene rings is 1. The number of amides is 1. The summed E-state index contributed by atoms with van der Waals surface area (Å²) in [6.07, 6.45) is 1.95. The van der Waals surface area contributed by atoms with Crippen molar-refractivity contribution in [3.8, 4) is 9.88 Å². The van der Waals surface area contributed by atoms with Crippen molar-refractivity contribution in [3.05, 3.63) is 27.5 Å². The summed E-state index contributed by atoms with van der Waals surface area (Å²) in [5.74, 6) is -0.0437. The van der Waals surface area contributed by atoms with Crippen LogP contribution in [0.3, 0.4) is 0 Å². The third-order valence-corrected chi connectivity index (χ3v) is 6.01. The Morgan fingerprint density at radius 3 is 2.73 bits per heavy atom. The van der Waals surface area contributed by atoms with E-state index < -0.39 is 0 Å². The van der Waals surface area contributed by atoms with Crippen LogP contribution in [0, 0.1) is 0 Å². The van der Waals surface area contributed by atoms with E-state index in [1.807, 2.05) is 31.4 Å². The Morgan fingerprint density at radius 1 is 1.41 bits per heavy atom. The second-order valence-electron chi connectivity index (χ2n) is 5.27. The molecule has 4 nitrogen and oxygen atoms in total. The standard InChI is InChI=1S/C15H20ClN3OS2/c1-3-15(17,4-2)9-18-13(20)7-10-8-21-14(19-10)11-5-6-12(16)22-11/h5-6,8H,3-4,7,9,17H2,1-2H3,(H,18,20). The van der Waals surface area contributed by atoms with Gasteiger partial charge in [0, 0.05) is 17.5 Å². The van der Waals surface area contributed by atoms with Gasteiger partial charge in [0.05, 0.1) is 21.3 Å². The molecular formula is C15H20ClN3OS2. The molecule has 120 valence electrons. The molecule has 3 N–H and O–H groups in total. The minimum Gasteiger partial charge on any atom is -0.354 e. The molecule has 1 amide bonds. The molecule has 2 aromatic rings. The Kier molecular flexibility index (Phi) is 5.97. The van der Waals surface area contributed by atoms with Gasteiger partial charge in [-0.05, 0) is 25.0 Å². The van der Waals surface area contributed by atoms with Gasteiger partial charge in [0.1, 0.15) is 5.01 Å². The fourth-order valence-corrected chi connectivity index (χ4v) is 3.87. The highest BCUT2D eigenvalue weighted by Gasteiger charge is 2.21. The van der Waals surface area contributed by atoms with Crippen LogP contribution >= 0.6 is 34.3 Å². The van der Waals surface area contributed by atoms with E-state index in [0.717, 1.165) is 32.8 Å². The lowest BCUT2D eigenvalue weighted by Crippen LogP contribution is -2.49. The molecule has 0 unspecified atom stereocenters. The van der Waals surface area contributed by atoms with Crippen molar-refractivity contribution in [2.75, 3.05) is 6.54 Å². The third kappa shape index (κ3) is 4.52. The summed E-state index contributed by atoms with van der Waals surface area (Å²) >= 11 is 8.95. The van der Waals surface area contributed by atoms with Gasteiger partial charge in [0.15, 0.2) is 0 Å². The Labute approximate surface area is 143 Å². The maximum absolute atomic E-state index is 12.0. The quantitative estimate of drug-likeness (QED) is 0.793. The summed E-state index contributed by atoms with van der Waals surface area (Å²) in [6.45, 7) is 4.57. The molecule has 0 saturated heterocycles. The molecule has 7 heteroatoms. The minimum atomic E-state index is -0.323. The van der Waals surface area contributed by atoms with Gasteiger partial charge >= 0.3 is 0 Å². The summed E-state index contributed by atoms with van der Waals surface area (Å²) in [5.41, 5.74) is 6.63. The summed E-state index contributed by atoms with van der Waals surface area (Å²) in [6, 6.07) is 3.80. The van der Waals surface area contributed by atoms with Crippen LogP contribution < -0.4 is 11.1 Å². The van der Waals surface area contributed by atoms with Gasteiger partial charge in [-0.25, -0.2) is 4.98 Å². The number of thiazole rings is 1. The van der Waals surface area contributed by atoms with E-state index in [2.05, 4.69) is 10.3 Å². The molecule has 0 fully saturated rings. The number of carbonyl (C=O) groups is 1. The number of rotatable bonds is 7. The molecule has 0 aliphatic heterocycles. The van der Waals surface area contributed by atoms with Crippen molar-refractivity contribution in [2.24, 2.45) is 5.73 Å². The SMILES string of the molecule is CCC(N)(CC)CNC(=O)Cc1csc(-c2ccc(Cl)s2)n1. The normalized spacial score (nSPS) is 11.6. The average Bonchev–Trinajstić information content (AvgIpc) is 3.14. The monoisotopic (exact) mass is 357 g/mol. The van der Waals surface area contributed by atoms with Gasteiger partial charge in [0.25, 0.3) is 0 Å². The summed E-state index contributed by atoms with van der Waals surface area (Å²) in [4.78, 5) is 17.5. The first kappa shape index (κ1) is 17.4. The molecule has 0 atom stereocenters. The largest absolute Gasteiger partial charge is 0.354 e. The van der Waals surface area contributed by atoms with Crippen LogP contribution in [0.2, 0.25) is 4.34 Å². The minimum absolute atomic E-state index is 0.0437. The molecule has 0 bridgehead atoms. The van der Waals surface area contributed by atoms with E-state index >= 15 is 0 Å². The molecule has 0 radical (unpaired) electrons. The second kappa shape index (κ2) is 7.55. The lowest BCUT2D eigenvalue weighted by Gasteiger charge is -2.26. The number of aromatic nitrogens is 1. The first-order valence-corrected chi connectivity index (χ1v) is 9.29. The molecular weight excluding hydrogens is 338 g/mol. The van der Waals surface area contributed by atoms with Crippen LogP contribution in [-0.4, -0.2) is 23.0 Å². The summed E-state index contributed by atoms with van der Waals surface area (Å²) < 4.78 is 0.739. The predicted octanol–water partition coefficient (Wildman–Crippen LogP) is 3.70. The van der Waals surface area contributed by atoms with Crippen molar-refractivity contribution in [3.63, 3.8) is 0 Å². The highest BCUT2D eigenvalue weighted by Crippen LogP contribution is 2.32. The average molecular weight is 358 g/mol. The first-order chi connectivity index (χ1) is 10.5. The molecule has 2 rings (SSSR count). The lowest BCUT2D eigenvalue weighted by molar-refractivity contribution is -0.120. The molecule has 0 aromatic carbocycles. The van der Waals surface area contributed by atoms with Crippen LogP contribution in [-0.2, 0) is 11.2 Å². The second-order valence-corrected chi connectivity index (χ2v) is 7.84. The third-order valence-electron chi connectivity index (χ3n) is 3.72.